The average molecular weight is 372 g/mol. The van der Waals surface area contributed by atoms with Gasteiger partial charge >= 0.3 is 63.5 Å². The van der Waals surface area contributed by atoms with Crippen molar-refractivity contribution in [2.24, 2.45) is 0 Å². The Kier molecular flexibility index (Phi) is 8.72. The molecule has 1 rings (SSSR count). The van der Waals surface area contributed by atoms with Crippen LogP contribution in [0.5, 0.6) is 0 Å². The molecule has 0 radical (unpaired) electrons. The van der Waals surface area contributed by atoms with Gasteiger partial charge in [0.15, 0.2) is 0 Å². The molecule has 0 fully saturated rings. The molecule has 0 bridgehead atoms. The molecule has 3 nitrogen and oxygen atoms in total. The number of alkyl halides is 3. The van der Waals surface area contributed by atoms with E-state index in [1.54, 1.807) is 22.6 Å². The summed E-state index contributed by atoms with van der Waals surface area (Å²) in [5, 5.41) is 8.58. The minimum absolute atomic E-state index is 0. The Balaban J connectivity index is 0. The zero-order chi connectivity index (χ0) is 10.9. The Hall–Kier alpha value is 0.806. The van der Waals surface area contributed by atoms with E-state index in [4.69, 9.17) is 5.11 Å². The average Bonchev–Trinajstić information content (AvgIpc) is 2.02. The van der Waals surface area contributed by atoms with Gasteiger partial charge in [0.05, 0.1) is 11.1 Å². The summed E-state index contributed by atoms with van der Waals surface area (Å²) in [6, 6.07) is 2.62. The van der Waals surface area contributed by atoms with Crippen LogP contribution < -0.4 is 51.4 Å². The Morgan fingerprint density at radius 1 is 1.31 bits per heavy atom. The van der Waals surface area contributed by atoms with Gasteiger partial charge in [0.1, 0.15) is 0 Å². The largest absolute Gasteiger partial charge is 1.00 e. The summed E-state index contributed by atoms with van der Waals surface area (Å²) in [6.45, 7) is 0. The fourth-order valence-corrected chi connectivity index (χ4v) is 1.43. The number of benzene rings is 1. The number of halogens is 4. The molecule has 0 aliphatic heterocycles. The molecule has 0 atom stereocenters. The van der Waals surface area contributed by atoms with Crippen LogP contribution in [0, 0.1) is 3.57 Å². The van der Waals surface area contributed by atoms with Gasteiger partial charge in [-0.05, 0) is 40.8 Å². The first kappa shape index (κ1) is 19.2. The van der Waals surface area contributed by atoms with E-state index >= 15 is 0 Å². The van der Waals surface area contributed by atoms with E-state index in [0.717, 1.165) is 12.1 Å². The monoisotopic (exact) mass is 372 g/mol. The van der Waals surface area contributed by atoms with Crippen LogP contribution in [0.15, 0.2) is 18.2 Å². The first-order valence-corrected chi connectivity index (χ1v) is 4.50. The summed E-state index contributed by atoms with van der Waals surface area (Å²) in [7, 11) is 0. The van der Waals surface area contributed by atoms with Gasteiger partial charge in [-0.25, -0.2) is 4.79 Å². The third-order valence-electron chi connectivity index (χ3n) is 1.52. The standard InChI is InChI=1S/C8H4F3IO2.K.H2O/c9-8(10,11)4-1-2-6(12)5(3-4)7(13)14;;/h1-3H,(H,13,14);;1H2/q;+1;/p-1. The number of hydrogen-bond donors (Lipinski definition) is 1. The van der Waals surface area contributed by atoms with Gasteiger partial charge in [0, 0.05) is 3.57 Å². The van der Waals surface area contributed by atoms with Crippen LogP contribution in [0.1, 0.15) is 15.9 Å². The molecule has 2 N–H and O–H groups in total. The van der Waals surface area contributed by atoms with Crippen LogP contribution in [0.2, 0.25) is 0 Å². The summed E-state index contributed by atoms with van der Waals surface area (Å²) in [5.41, 5.74) is -1.28. The second kappa shape index (κ2) is 7.29. The van der Waals surface area contributed by atoms with Crippen molar-refractivity contribution in [1.29, 1.82) is 0 Å². The number of carboxylic acids is 1. The summed E-state index contributed by atoms with van der Waals surface area (Å²) in [5.74, 6) is -1.36. The number of carbonyl (C=O) groups is 1. The Labute approximate surface area is 145 Å². The molecular weight excluding hydrogens is 367 g/mol. The molecule has 16 heavy (non-hydrogen) atoms. The SMILES string of the molecule is O=C(O)c1cc(C(F)(F)F)ccc1I.[K+].[OH-]. The molecule has 0 aliphatic rings. The van der Waals surface area contributed by atoms with E-state index in [1.807, 2.05) is 0 Å². The van der Waals surface area contributed by atoms with Crippen molar-refractivity contribution < 1.29 is 79.9 Å². The van der Waals surface area contributed by atoms with E-state index in [1.165, 1.54) is 0 Å². The second-order valence-electron chi connectivity index (χ2n) is 2.50. The first-order valence-electron chi connectivity index (χ1n) is 3.42. The van der Waals surface area contributed by atoms with Gasteiger partial charge in [-0.1, -0.05) is 0 Å². The van der Waals surface area contributed by atoms with Gasteiger partial charge in [0.2, 0.25) is 0 Å². The normalized spacial score (nSPS) is 10.0. The van der Waals surface area contributed by atoms with Crippen LogP contribution in [0.25, 0.3) is 0 Å². The predicted octanol–water partition coefficient (Wildman–Crippen LogP) is -0.165. The zero-order valence-electron chi connectivity index (χ0n) is 8.05. The van der Waals surface area contributed by atoms with Crippen molar-refractivity contribution in [3.63, 3.8) is 0 Å². The smallest absolute Gasteiger partial charge is 0.870 e. The summed E-state index contributed by atoms with van der Waals surface area (Å²) < 4.78 is 36.8. The number of aromatic carboxylic acids is 1. The predicted molar refractivity (Wildman–Crippen MR) is 53.1 cm³/mol. The van der Waals surface area contributed by atoms with E-state index < -0.39 is 17.7 Å². The summed E-state index contributed by atoms with van der Waals surface area (Å²) >= 11 is 1.67. The summed E-state index contributed by atoms with van der Waals surface area (Å²) in [4.78, 5) is 10.5. The first-order chi connectivity index (χ1) is 6.32. The van der Waals surface area contributed by atoms with Crippen molar-refractivity contribution in [2.75, 3.05) is 0 Å². The Bertz CT molecular complexity index is 381. The number of rotatable bonds is 1. The van der Waals surface area contributed by atoms with Crippen LogP contribution in [0.4, 0.5) is 13.2 Å². The van der Waals surface area contributed by atoms with Crippen molar-refractivity contribution in [1.82, 2.24) is 0 Å². The molecule has 0 saturated heterocycles. The van der Waals surface area contributed by atoms with Gasteiger partial charge in [-0.15, -0.1) is 0 Å². The molecule has 8 heteroatoms. The van der Waals surface area contributed by atoms with E-state index in [0.29, 0.717) is 6.07 Å². The molecule has 0 heterocycles. The van der Waals surface area contributed by atoms with Gasteiger partial charge in [0.25, 0.3) is 0 Å². The molecule has 0 spiro atoms. The van der Waals surface area contributed by atoms with Crippen LogP contribution in [-0.2, 0) is 6.18 Å². The Morgan fingerprint density at radius 3 is 2.19 bits per heavy atom. The maximum absolute atomic E-state index is 12.2. The number of hydrogen-bond acceptors (Lipinski definition) is 2. The number of carboxylic acid groups (broad SMARTS) is 1. The fraction of sp³-hybridized carbons (Fsp3) is 0.125. The molecule has 0 unspecified atom stereocenters. The van der Waals surface area contributed by atoms with E-state index in [9.17, 15) is 18.0 Å². The second-order valence-corrected chi connectivity index (χ2v) is 3.66. The van der Waals surface area contributed by atoms with Gasteiger partial charge < -0.3 is 10.6 Å². The van der Waals surface area contributed by atoms with Crippen LogP contribution in [-0.4, -0.2) is 16.6 Å². The maximum Gasteiger partial charge on any atom is 1.00 e. The topological polar surface area (TPSA) is 67.3 Å². The fourth-order valence-electron chi connectivity index (χ4n) is 0.865. The van der Waals surface area contributed by atoms with Gasteiger partial charge in [-0.2, -0.15) is 13.2 Å². The molecule has 1 aromatic rings. The van der Waals surface area contributed by atoms with Crippen molar-refractivity contribution in [3.8, 4) is 0 Å². The van der Waals surface area contributed by atoms with Crippen molar-refractivity contribution in [2.45, 2.75) is 6.18 Å². The van der Waals surface area contributed by atoms with Crippen LogP contribution in [0.3, 0.4) is 0 Å². The molecule has 84 valence electrons. The quantitative estimate of drug-likeness (QED) is 0.550. The molecule has 0 amide bonds. The maximum atomic E-state index is 12.2. The molecule has 0 aliphatic carbocycles. The van der Waals surface area contributed by atoms with Crippen LogP contribution >= 0.6 is 22.6 Å². The molecule has 0 saturated carbocycles. The van der Waals surface area contributed by atoms with Gasteiger partial charge in [-0.3, -0.25) is 0 Å². The van der Waals surface area contributed by atoms with Crippen molar-refractivity contribution in [3.05, 3.63) is 32.9 Å². The molecular formula is C8H5F3IKO3. The zero-order valence-corrected chi connectivity index (χ0v) is 13.3. The van der Waals surface area contributed by atoms with Crippen molar-refractivity contribution >= 4 is 28.6 Å². The van der Waals surface area contributed by atoms with E-state index in [2.05, 4.69) is 0 Å². The third kappa shape index (κ3) is 4.98. The molecule has 1 aromatic carbocycles. The Morgan fingerprint density at radius 2 is 1.81 bits per heavy atom. The minimum atomic E-state index is -4.51. The van der Waals surface area contributed by atoms with E-state index in [-0.39, 0.29) is 66.0 Å². The third-order valence-corrected chi connectivity index (χ3v) is 2.46. The summed E-state index contributed by atoms with van der Waals surface area (Å²) in [6.07, 6.45) is -4.51. The molecule has 0 aromatic heterocycles. The minimum Gasteiger partial charge on any atom is -0.870 e.